The van der Waals surface area contributed by atoms with Gasteiger partial charge in [0.2, 0.25) is 12.0 Å². The number of nitriles is 1. The number of rotatable bonds is 4. The SMILES string of the molecule is COc1c(-c2ccc(C#N)cc2)cnn1-c1ccc(N=C=O)cn1. The minimum atomic E-state index is 0.409. The summed E-state index contributed by atoms with van der Waals surface area (Å²) in [6, 6.07) is 12.5. The molecule has 2 heterocycles. The molecule has 0 bridgehead atoms. The Morgan fingerprint density at radius 2 is 1.96 bits per heavy atom. The summed E-state index contributed by atoms with van der Waals surface area (Å²) in [4.78, 5) is 18.0. The van der Waals surface area contributed by atoms with Crippen LogP contribution in [0.1, 0.15) is 5.56 Å². The second kappa shape index (κ2) is 6.57. The second-order valence-corrected chi connectivity index (χ2v) is 4.75. The second-order valence-electron chi connectivity index (χ2n) is 4.75. The van der Waals surface area contributed by atoms with Crippen LogP contribution in [0.5, 0.6) is 5.88 Å². The van der Waals surface area contributed by atoms with Crippen LogP contribution in [0.4, 0.5) is 5.69 Å². The molecule has 1 aromatic carbocycles. The van der Waals surface area contributed by atoms with E-state index in [4.69, 9.17) is 10.00 Å². The molecule has 3 rings (SSSR count). The van der Waals surface area contributed by atoms with E-state index in [1.54, 1.807) is 42.3 Å². The average molecular weight is 317 g/mol. The standard InChI is InChI=1S/C17H11N5O2/c1-24-17-15(13-4-2-12(8-18)3-5-13)10-21-22(17)16-7-6-14(9-19-16)20-11-23/h2-7,9-10H,1H3. The summed E-state index contributed by atoms with van der Waals surface area (Å²) >= 11 is 0. The van der Waals surface area contributed by atoms with Gasteiger partial charge in [0.1, 0.15) is 0 Å². The molecule has 3 aromatic rings. The molecule has 2 aromatic heterocycles. The number of aliphatic imine (C=N–C) groups is 1. The van der Waals surface area contributed by atoms with Crippen molar-refractivity contribution in [3.63, 3.8) is 0 Å². The van der Waals surface area contributed by atoms with Gasteiger partial charge in [-0.1, -0.05) is 12.1 Å². The van der Waals surface area contributed by atoms with Crippen molar-refractivity contribution in [2.45, 2.75) is 0 Å². The van der Waals surface area contributed by atoms with Gasteiger partial charge >= 0.3 is 0 Å². The van der Waals surface area contributed by atoms with Crippen LogP contribution in [-0.4, -0.2) is 28.0 Å². The van der Waals surface area contributed by atoms with Gasteiger partial charge in [0, 0.05) is 0 Å². The topological polar surface area (TPSA) is 93.2 Å². The highest BCUT2D eigenvalue weighted by atomic mass is 16.5. The molecule has 0 saturated carbocycles. The first kappa shape index (κ1) is 15.2. The van der Waals surface area contributed by atoms with E-state index in [1.165, 1.54) is 12.3 Å². The number of ether oxygens (including phenoxy) is 1. The fourth-order valence-electron chi connectivity index (χ4n) is 2.24. The highest BCUT2D eigenvalue weighted by Gasteiger charge is 2.15. The van der Waals surface area contributed by atoms with E-state index in [-0.39, 0.29) is 0 Å². The van der Waals surface area contributed by atoms with Crippen molar-refractivity contribution in [2.75, 3.05) is 7.11 Å². The highest BCUT2D eigenvalue weighted by molar-refractivity contribution is 5.69. The van der Waals surface area contributed by atoms with Crippen molar-refractivity contribution in [1.82, 2.24) is 14.8 Å². The minimum absolute atomic E-state index is 0.409. The van der Waals surface area contributed by atoms with Crippen molar-refractivity contribution in [2.24, 2.45) is 4.99 Å². The molecule has 0 aliphatic rings. The van der Waals surface area contributed by atoms with Crippen LogP contribution in [-0.2, 0) is 4.79 Å². The zero-order valence-electron chi connectivity index (χ0n) is 12.7. The fourth-order valence-corrected chi connectivity index (χ4v) is 2.24. The Kier molecular flexibility index (Phi) is 4.15. The first-order valence-corrected chi connectivity index (χ1v) is 6.93. The van der Waals surface area contributed by atoms with Crippen molar-refractivity contribution in [3.05, 3.63) is 54.4 Å². The molecule has 0 atom stereocenters. The van der Waals surface area contributed by atoms with Gasteiger partial charge in [0.25, 0.3) is 0 Å². The lowest BCUT2D eigenvalue weighted by atomic mass is 10.1. The van der Waals surface area contributed by atoms with E-state index >= 15 is 0 Å². The molecule has 116 valence electrons. The zero-order chi connectivity index (χ0) is 16.9. The Bertz CT molecular complexity index is 946. The number of benzene rings is 1. The number of nitrogens with zero attached hydrogens (tertiary/aromatic N) is 5. The summed E-state index contributed by atoms with van der Waals surface area (Å²) in [5.41, 5.74) is 2.64. The van der Waals surface area contributed by atoms with E-state index in [0.29, 0.717) is 22.9 Å². The maximum atomic E-state index is 10.3. The van der Waals surface area contributed by atoms with Gasteiger partial charge in [0.05, 0.1) is 42.4 Å². The van der Waals surface area contributed by atoms with Crippen LogP contribution in [0.25, 0.3) is 16.9 Å². The lowest BCUT2D eigenvalue weighted by molar-refractivity contribution is 0.384. The van der Waals surface area contributed by atoms with E-state index in [9.17, 15) is 4.79 Å². The fraction of sp³-hybridized carbons (Fsp3) is 0.0588. The maximum Gasteiger partial charge on any atom is 0.240 e. The zero-order valence-corrected chi connectivity index (χ0v) is 12.7. The molecule has 0 saturated heterocycles. The van der Waals surface area contributed by atoms with Gasteiger partial charge < -0.3 is 4.74 Å². The van der Waals surface area contributed by atoms with E-state index in [1.807, 2.05) is 12.1 Å². The average Bonchev–Trinajstić information content (AvgIpc) is 3.06. The minimum Gasteiger partial charge on any atom is -0.480 e. The number of hydrogen-bond donors (Lipinski definition) is 0. The Balaban J connectivity index is 2.02. The lowest BCUT2D eigenvalue weighted by Gasteiger charge is -2.07. The van der Waals surface area contributed by atoms with Gasteiger partial charge in [0.15, 0.2) is 5.82 Å². The third kappa shape index (κ3) is 2.77. The summed E-state index contributed by atoms with van der Waals surface area (Å²) < 4.78 is 7.01. The maximum absolute atomic E-state index is 10.3. The number of hydrogen-bond acceptors (Lipinski definition) is 6. The molecular formula is C17H11N5O2. The summed E-state index contributed by atoms with van der Waals surface area (Å²) in [5, 5.41) is 13.2. The van der Waals surface area contributed by atoms with Crippen LogP contribution < -0.4 is 4.74 Å². The van der Waals surface area contributed by atoms with Crippen LogP contribution in [0, 0.1) is 11.3 Å². The molecule has 0 spiro atoms. The van der Waals surface area contributed by atoms with Gasteiger partial charge in [-0.2, -0.15) is 20.0 Å². The molecule has 0 N–H and O–H groups in total. The first-order chi connectivity index (χ1) is 11.8. The van der Waals surface area contributed by atoms with Crippen molar-refractivity contribution in [1.29, 1.82) is 5.26 Å². The molecule has 7 heteroatoms. The smallest absolute Gasteiger partial charge is 0.240 e. The normalized spacial score (nSPS) is 9.83. The molecule has 24 heavy (non-hydrogen) atoms. The van der Waals surface area contributed by atoms with Crippen LogP contribution in [0.3, 0.4) is 0 Å². The van der Waals surface area contributed by atoms with Gasteiger partial charge in [-0.05, 0) is 29.8 Å². The van der Waals surface area contributed by atoms with Gasteiger partial charge in [-0.15, -0.1) is 0 Å². The Morgan fingerprint density at radius 3 is 2.54 bits per heavy atom. The molecule has 0 unspecified atom stereocenters. The Hall–Kier alpha value is -3.75. The highest BCUT2D eigenvalue weighted by Crippen LogP contribution is 2.31. The predicted molar refractivity (Wildman–Crippen MR) is 85.8 cm³/mol. The summed E-state index contributed by atoms with van der Waals surface area (Å²) in [7, 11) is 1.55. The first-order valence-electron chi connectivity index (χ1n) is 6.93. The quantitative estimate of drug-likeness (QED) is 0.545. The van der Waals surface area contributed by atoms with E-state index < -0.39 is 0 Å². The molecular weight excluding hydrogens is 306 g/mol. The van der Waals surface area contributed by atoms with Gasteiger partial charge in [-0.25, -0.2) is 9.78 Å². The number of pyridine rings is 1. The molecule has 0 aliphatic heterocycles. The summed E-state index contributed by atoms with van der Waals surface area (Å²) in [5.74, 6) is 1.04. The van der Waals surface area contributed by atoms with Gasteiger partial charge in [-0.3, -0.25) is 0 Å². The predicted octanol–water partition coefficient (Wildman–Crippen LogP) is 2.78. The number of aromatic nitrogens is 3. The third-order valence-electron chi connectivity index (χ3n) is 3.37. The number of methoxy groups -OCH3 is 1. The molecule has 0 fully saturated rings. The summed E-state index contributed by atoms with van der Waals surface area (Å²) in [6.07, 6.45) is 4.58. The molecule has 0 radical (unpaired) electrons. The van der Waals surface area contributed by atoms with Crippen molar-refractivity contribution < 1.29 is 9.53 Å². The molecule has 0 amide bonds. The van der Waals surface area contributed by atoms with E-state index in [2.05, 4.69) is 21.1 Å². The van der Waals surface area contributed by atoms with Crippen LogP contribution in [0.15, 0.2) is 53.8 Å². The monoisotopic (exact) mass is 317 g/mol. The number of carbonyl (C=O) groups excluding carboxylic acids is 1. The Labute approximate surface area is 137 Å². The third-order valence-corrected chi connectivity index (χ3v) is 3.37. The molecule has 7 nitrogen and oxygen atoms in total. The van der Waals surface area contributed by atoms with Crippen LogP contribution >= 0.6 is 0 Å². The van der Waals surface area contributed by atoms with Crippen molar-refractivity contribution in [3.8, 4) is 28.9 Å². The van der Waals surface area contributed by atoms with Crippen molar-refractivity contribution >= 4 is 11.8 Å². The van der Waals surface area contributed by atoms with E-state index in [0.717, 1.165) is 11.1 Å². The van der Waals surface area contributed by atoms with Crippen LogP contribution in [0.2, 0.25) is 0 Å². The number of isocyanates is 1. The largest absolute Gasteiger partial charge is 0.480 e. The summed E-state index contributed by atoms with van der Waals surface area (Å²) in [6.45, 7) is 0. The lowest BCUT2D eigenvalue weighted by Crippen LogP contribution is -2.02. The molecule has 0 aliphatic carbocycles. The Morgan fingerprint density at radius 1 is 1.17 bits per heavy atom.